The molecule has 0 aliphatic heterocycles. The second kappa shape index (κ2) is 5.52. The Labute approximate surface area is 110 Å². The number of benzene rings is 1. The van der Waals surface area contributed by atoms with Crippen LogP contribution in [0.5, 0.6) is 0 Å². The minimum Gasteiger partial charge on any atom is -0.464 e. The van der Waals surface area contributed by atoms with Crippen LogP contribution < -0.4 is 5.32 Å². The van der Waals surface area contributed by atoms with E-state index < -0.39 is 0 Å². The Balaban J connectivity index is 2.35. The smallest absolute Gasteiger partial charge is 0.125 e. The molecule has 0 aliphatic carbocycles. The van der Waals surface area contributed by atoms with E-state index in [9.17, 15) is 0 Å². The van der Waals surface area contributed by atoms with Crippen molar-refractivity contribution < 1.29 is 4.42 Å². The zero-order valence-corrected chi connectivity index (χ0v) is 11.6. The van der Waals surface area contributed by atoms with Crippen LogP contribution in [-0.2, 0) is 0 Å². The molecule has 0 saturated heterocycles. The van der Waals surface area contributed by atoms with Crippen LogP contribution in [0.25, 0.3) is 0 Å². The summed E-state index contributed by atoms with van der Waals surface area (Å²) in [5.74, 6) is 1.90. The number of furan rings is 1. The average molecular weight is 294 g/mol. The summed E-state index contributed by atoms with van der Waals surface area (Å²) in [6, 6.07) is 12.4. The Morgan fingerprint density at radius 2 is 2.12 bits per heavy atom. The van der Waals surface area contributed by atoms with Gasteiger partial charge in [-0.25, -0.2) is 0 Å². The Morgan fingerprint density at radius 1 is 1.29 bits per heavy atom. The van der Waals surface area contributed by atoms with E-state index in [-0.39, 0.29) is 6.04 Å². The molecule has 0 aliphatic rings. The van der Waals surface area contributed by atoms with Crippen LogP contribution in [0.3, 0.4) is 0 Å². The highest BCUT2D eigenvalue weighted by Crippen LogP contribution is 2.25. The van der Waals surface area contributed by atoms with Crippen LogP contribution in [0.1, 0.15) is 30.0 Å². The first-order chi connectivity index (χ1) is 8.20. The molecular weight excluding hydrogens is 278 g/mol. The lowest BCUT2D eigenvalue weighted by molar-refractivity contribution is 0.435. The van der Waals surface area contributed by atoms with Gasteiger partial charge in [-0.1, -0.05) is 35.0 Å². The van der Waals surface area contributed by atoms with Crippen LogP contribution in [0, 0.1) is 6.92 Å². The van der Waals surface area contributed by atoms with Crippen molar-refractivity contribution in [3.8, 4) is 0 Å². The maximum atomic E-state index is 5.71. The molecule has 2 aromatic rings. The van der Waals surface area contributed by atoms with Gasteiger partial charge in [0, 0.05) is 4.47 Å². The Hall–Kier alpha value is -1.06. The molecular formula is C14H16BrNO. The van der Waals surface area contributed by atoms with E-state index in [4.69, 9.17) is 4.42 Å². The number of hydrogen-bond acceptors (Lipinski definition) is 2. The maximum Gasteiger partial charge on any atom is 0.125 e. The fraction of sp³-hybridized carbons (Fsp3) is 0.286. The van der Waals surface area contributed by atoms with Gasteiger partial charge in [-0.05, 0) is 43.3 Å². The quantitative estimate of drug-likeness (QED) is 0.920. The molecule has 3 heteroatoms. The number of rotatable bonds is 4. The highest BCUT2D eigenvalue weighted by molar-refractivity contribution is 9.10. The summed E-state index contributed by atoms with van der Waals surface area (Å²) in [6.07, 6.45) is 0. The molecule has 0 radical (unpaired) electrons. The summed E-state index contributed by atoms with van der Waals surface area (Å²) < 4.78 is 6.80. The lowest BCUT2D eigenvalue weighted by Crippen LogP contribution is -2.21. The number of halogens is 1. The van der Waals surface area contributed by atoms with Crippen molar-refractivity contribution in [3.05, 3.63) is 58.0 Å². The van der Waals surface area contributed by atoms with E-state index in [1.54, 1.807) is 0 Å². The largest absolute Gasteiger partial charge is 0.464 e. The number of aryl methyl sites for hydroxylation is 1. The van der Waals surface area contributed by atoms with Crippen LogP contribution in [0.15, 0.2) is 45.3 Å². The SMILES string of the molecule is CCNC(c1cccc(Br)c1)c1ccc(C)o1. The molecule has 1 atom stereocenters. The third-order valence-corrected chi connectivity index (χ3v) is 3.13. The predicted molar refractivity (Wildman–Crippen MR) is 73.1 cm³/mol. The first-order valence-electron chi connectivity index (χ1n) is 5.76. The fourth-order valence-corrected chi connectivity index (χ4v) is 2.30. The van der Waals surface area contributed by atoms with E-state index in [2.05, 4.69) is 40.3 Å². The van der Waals surface area contributed by atoms with Crippen LogP contribution in [0.2, 0.25) is 0 Å². The van der Waals surface area contributed by atoms with E-state index in [1.807, 2.05) is 31.2 Å². The first kappa shape index (κ1) is 12.4. The average Bonchev–Trinajstić information content (AvgIpc) is 2.72. The van der Waals surface area contributed by atoms with Gasteiger partial charge in [-0.15, -0.1) is 0 Å². The molecule has 0 saturated carbocycles. The highest BCUT2D eigenvalue weighted by atomic mass is 79.9. The van der Waals surface area contributed by atoms with Gasteiger partial charge in [0.1, 0.15) is 11.5 Å². The Morgan fingerprint density at radius 3 is 2.71 bits per heavy atom. The van der Waals surface area contributed by atoms with Gasteiger partial charge in [0.25, 0.3) is 0 Å². The minimum atomic E-state index is 0.117. The molecule has 17 heavy (non-hydrogen) atoms. The predicted octanol–water partition coefficient (Wildman–Crippen LogP) is 4.05. The van der Waals surface area contributed by atoms with E-state index in [0.29, 0.717) is 0 Å². The second-order valence-corrected chi connectivity index (χ2v) is 4.91. The standard InChI is InChI=1S/C14H16BrNO/c1-3-16-14(13-8-7-10(2)17-13)11-5-4-6-12(15)9-11/h4-9,14,16H,3H2,1-2H3. The third-order valence-electron chi connectivity index (χ3n) is 2.64. The van der Waals surface area contributed by atoms with Crippen molar-refractivity contribution in [2.45, 2.75) is 19.9 Å². The summed E-state index contributed by atoms with van der Waals surface area (Å²) in [5, 5.41) is 3.44. The molecule has 1 aromatic carbocycles. The molecule has 0 amide bonds. The monoisotopic (exact) mass is 293 g/mol. The van der Waals surface area contributed by atoms with Crippen molar-refractivity contribution in [1.82, 2.24) is 5.32 Å². The summed E-state index contributed by atoms with van der Waals surface area (Å²) in [4.78, 5) is 0. The molecule has 2 rings (SSSR count). The summed E-state index contributed by atoms with van der Waals surface area (Å²) >= 11 is 3.50. The molecule has 0 bridgehead atoms. The molecule has 1 heterocycles. The number of nitrogens with one attached hydrogen (secondary N) is 1. The topological polar surface area (TPSA) is 25.2 Å². The molecule has 0 fully saturated rings. The van der Waals surface area contributed by atoms with Crippen molar-refractivity contribution in [1.29, 1.82) is 0 Å². The lowest BCUT2D eigenvalue weighted by Gasteiger charge is -2.16. The van der Waals surface area contributed by atoms with Crippen molar-refractivity contribution in [3.63, 3.8) is 0 Å². The first-order valence-corrected chi connectivity index (χ1v) is 6.55. The molecule has 1 N–H and O–H groups in total. The minimum absolute atomic E-state index is 0.117. The summed E-state index contributed by atoms with van der Waals surface area (Å²) in [6.45, 7) is 4.96. The normalized spacial score (nSPS) is 12.6. The molecule has 2 nitrogen and oxygen atoms in total. The van der Waals surface area contributed by atoms with E-state index in [0.717, 1.165) is 22.5 Å². The van der Waals surface area contributed by atoms with Gasteiger partial charge in [-0.3, -0.25) is 0 Å². The van der Waals surface area contributed by atoms with Gasteiger partial charge in [0.15, 0.2) is 0 Å². The highest BCUT2D eigenvalue weighted by Gasteiger charge is 2.16. The van der Waals surface area contributed by atoms with Crippen molar-refractivity contribution >= 4 is 15.9 Å². The van der Waals surface area contributed by atoms with Crippen LogP contribution in [-0.4, -0.2) is 6.54 Å². The van der Waals surface area contributed by atoms with Gasteiger partial charge in [-0.2, -0.15) is 0 Å². The fourth-order valence-electron chi connectivity index (χ4n) is 1.88. The van der Waals surface area contributed by atoms with Crippen LogP contribution in [0.4, 0.5) is 0 Å². The zero-order valence-electron chi connectivity index (χ0n) is 10.0. The second-order valence-electron chi connectivity index (χ2n) is 3.99. The van der Waals surface area contributed by atoms with Gasteiger partial charge in [0.05, 0.1) is 6.04 Å². The molecule has 90 valence electrons. The van der Waals surface area contributed by atoms with Gasteiger partial charge in [0.2, 0.25) is 0 Å². The molecule has 0 spiro atoms. The Bertz CT molecular complexity index is 492. The van der Waals surface area contributed by atoms with Crippen molar-refractivity contribution in [2.24, 2.45) is 0 Å². The van der Waals surface area contributed by atoms with Gasteiger partial charge >= 0.3 is 0 Å². The van der Waals surface area contributed by atoms with E-state index in [1.165, 1.54) is 5.56 Å². The molecule has 1 aromatic heterocycles. The Kier molecular flexibility index (Phi) is 4.02. The third kappa shape index (κ3) is 2.99. The summed E-state index contributed by atoms with van der Waals surface area (Å²) in [5.41, 5.74) is 1.20. The van der Waals surface area contributed by atoms with Crippen LogP contribution >= 0.6 is 15.9 Å². The molecule has 1 unspecified atom stereocenters. The van der Waals surface area contributed by atoms with Crippen molar-refractivity contribution in [2.75, 3.05) is 6.54 Å². The summed E-state index contributed by atoms with van der Waals surface area (Å²) in [7, 11) is 0. The maximum absolute atomic E-state index is 5.71. The number of hydrogen-bond donors (Lipinski definition) is 1. The zero-order chi connectivity index (χ0) is 12.3. The van der Waals surface area contributed by atoms with E-state index >= 15 is 0 Å². The lowest BCUT2D eigenvalue weighted by atomic mass is 10.0. The van der Waals surface area contributed by atoms with Gasteiger partial charge < -0.3 is 9.73 Å².